The van der Waals surface area contributed by atoms with Gasteiger partial charge in [-0.05, 0) is 51.3 Å². The van der Waals surface area contributed by atoms with E-state index in [0.717, 1.165) is 40.8 Å². The summed E-state index contributed by atoms with van der Waals surface area (Å²) in [5.74, 6) is 0.917. The molecule has 0 saturated heterocycles. The number of fused-ring (bicyclic) bond motifs is 1. The van der Waals surface area contributed by atoms with Gasteiger partial charge in [0.15, 0.2) is 5.58 Å². The Morgan fingerprint density at radius 3 is 2.62 bits per heavy atom. The zero-order valence-electron chi connectivity index (χ0n) is 15.0. The molecule has 0 radical (unpaired) electrons. The van der Waals surface area contributed by atoms with Crippen LogP contribution in [0.15, 0.2) is 58.2 Å². The van der Waals surface area contributed by atoms with Crippen molar-refractivity contribution in [2.45, 2.75) is 33.6 Å². The lowest BCUT2D eigenvalue weighted by Crippen LogP contribution is -2.19. The lowest BCUT2D eigenvalue weighted by Gasteiger charge is -2.26. The van der Waals surface area contributed by atoms with Gasteiger partial charge in [0.2, 0.25) is 0 Å². The Morgan fingerprint density at radius 1 is 1.12 bits per heavy atom. The molecule has 1 aliphatic rings. The van der Waals surface area contributed by atoms with Crippen LogP contribution in [-0.4, -0.2) is 7.05 Å². The van der Waals surface area contributed by atoms with E-state index in [1.807, 2.05) is 26.0 Å². The minimum absolute atomic E-state index is 0.917. The van der Waals surface area contributed by atoms with Crippen molar-refractivity contribution < 1.29 is 4.42 Å². The summed E-state index contributed by atoms with van der Waals surface area (Å²) < 4.78 is 6.25. The predicted molar refractivity (Wildman–Crippen MR) is 105 cm³/mol. The summed E-state index contributed by atoms with van der Waals surface area (Å²) in [6.45, 7) is 6.24. The van der Waals surface area contributed by atoms with Crippen molar-refractivity contribution in [3.05, 3.63) is 65.1 Å². The largest absolute Gasteiger partial charge is 0.454 e. The van der Waals surface area contributed by atoms with E-state index in [4.69, 9.17) is 4.42 Å². The highest BCUT2D eigenvalue weighted by atomic mass is 16.3. The van der Waals surface area contributed by atoms with E-state index in [9.17, 15) is 0 Å². The van der Waals surface area contributed by atoms with Crippen LogP contribution in [0.5, 0.6) is 0 Å². The van der Waals surface area contributed by atoms with E-state index in [1.165, 1.54) is 11.3 Å². The molecule has 0 atom stereocenters. The Morgan fingerprint density at radius 2 is 1.92 bits per heavy atom. The molecule has 3 rings (SSSR count). The van der Waals surface area contributed by atoms with Gasteiger partial charge >= 0.3 is 0 Å². The number of hydrogen-bond acceptors (Lipinski definition) is 2. The molecule has 2 nitrogen and oxygen atoms in total. The van der Waals surface area contributed by atoms with Gasteiger partial charge in [-0.15, -0.1) is 0 Å². The van der Waals surface area contributed by atoms with Crippen molar-refractivity contribution in [3.8, 4) is 0 Å². The number of para-hydroxylation sites is 1. The van der Waals surface area contributed by atoms with Crippen LogP contribution < -0.4 is 4.90 Å². The molecule has 2 heteroatoms. The first-order chi connectivity index (χ1) is 11.7. The molecule has 0 amide bonds. The van der Waals surface area contributed by atoms with Crippen molar-refractivity contribution >= 4 is 28.8 Å². The number of nitrogens with zero attached hydrogens (tertiary/aromatic N) is 1. The maximum absolute atomic E-state index is 6.25. The van der Waals surface area contributed by atoms with Gasteiger partial charge in [0.05, 0.1) is 5.69 Å². The van der Waals surface area contributed by atoms with E-state index in [-0.39, 0.29) is 0 Å². The van der Waals surface area contributed by atoms with E-state index < -0.39 is 0 Å². The number of rotatable bonds is 4. The highest BCUT2D eigenvalue weighted by Gasteiger charge is 2.18. The Balaban J connectivity index is 2.19. The molecule has 0 spiro atoms. The van der Waals surface area contributed by atoms with Crippen LogP contribution in [0.4, 0.5) is 5.69 Å². The van der Waals surface area contributed by atoms with Gasteiger partial charge in [0, 0.05) is 23.7 Å². The van der Waals surface area contributed by atoms with Gasteiger partial charge < -0.3 is 9.32 Å². The van der Waals surface area contributed by atoms with Gasteiger partial charge in [-0.2, -0.15) is 0 Å². The van der Waals surface area contributed by atoms with Gasteiger partial charge in [-0.3, -0.25) is 0 Å². The van der Waals surface area contributed by atoms with Crippen molar-refractivity contribution in [2.75, 3.05) is 11.9 Å². The third-order valence-corrected chi connectivity index (χ3v) is 4.55. The van der Waals surface area contributed by atoms with Crippen molar-refractivity contribution in [2.24, 2.45) is 0 Å². The summed E-state index contributed by atoms with van der Waals surface area (Å²) in [4.78, 5) is 2.28. The topological polar surface area (TPSA) is 16.4 Å². The maximum atomic E-state index is 6.25. The Hall–Kier alpha value is -2.48. The maximum Gasteiger partial charge on any atom is 0.159 e. The van der Waals surface area contributed by atoms with Gasteiger partial charge in [0.1, 0.15) is 5.76 Å². The molecule has 0 N–H and O–H groups in total. The predicted octanol–water partition coefficient (Wildman–Crippen LogP) is 6.56. The average Bonchev–Trinajstić information content (AvgIpc) is 2.93. The molecule has 0 bridgehead atoms. The molecule has 0 saturated carbocycles. The molecule has 2 aromatic rings. The van der Waals surface area contributed by atoms with E-state index >= 15 is 0 Å². The zero-order valence-corrected chi connectivity index (χ0v) is 15.0. The molecule has 1 aliphatic carbocycles. The second-order valence-electron chi connectivity index (χ2n) is 6.16. The minimum Gasteiger partial charge on any atom is -0.454 e. The monoisotopic (exact) mass is 319 g/mol. The van der Waals surface area contributed by atoms with Crippen molar-refractivity contribution in [1.29, 1.82) is 0 Å². The minimum atomic E-state index is 0.917. The lowest BCUT2D eigenvalue weighted by atomic mass is 10.0. The molecule has 0 aliphatic heterocycles. The van der Waals surface area contributed by atoms with Crippen LogP contribution in [0.25, 0.3) is 23.1 Å². The molecular formula is C22H25NO. The molecule has 1 heterocycles. The first-order valence-electron chi connectivity index (χ1n) is 8.58. The molecule has 0 unspecified atom stereocenters. The standard InChI is InChI=1S/C22H25NO/c1-5-10-17-18-13-9-15-20(22(18)24-21(17)11-6-2)23(4)19-14-8-7-12-16(19)3/h5-7,9-13,15H,8,14H2,1-4H3/b10-5-,11-6-. The normalized spacial score (nSPS) is 15.3. The zero-order chi connectivity index (χ0) is 17.1. The SMILES string of the molecule is C/C=C\c1oc2c(N(C)C3=C(C)C=CCC3)cccc2c1/C=C\C. The second kappa shape index (κ2) is 6.96. The first kappa shape index (κ1) is 16.4. The first-order valence-corrected chi connectivity index (χ1v) is 8.58. The summed E-state index contributed by atoms with van der Waals surface area (Å²) in [7, 11) is 2.14. The number of furan rings is 1. The fourth-order valence-electron chi connectivity index (χ4n) is 3.37. The number of anilines is 1. The van der Waals surface area contributed by atoms with Crippen LogP contribution in [0.2, 0.25) is 0 Å². The Labute approximate surface area is 144 Å². The van der Waals surface area contributed by atoms with Crippen molar-refractivity contribution in [3.63, 3.8) is 0 Å². The fraction of sp³-hybridized carbons (Fsp3) is 0.273. The third kappa shape index (κ3) is 2.84. The number of allylic oxidation sites excluding steroid dienone is 6. The molecule has 124 valence electrons. The summed E-state index contributed by atoms with van der Waals surface area (Å²) in [5.41, 5.74) is 5.92. The van der Waals surface area contributed by atoms with Crippen LogP contribution in [-0.2, 0) is 0 Å². The Kier molecular flexibility index (Phi) is 4.75. The fourth-order valence-corrected chi connectivity index (χ4v) is 3.37. The summed E-state index contributed by atoms with van der Waals surface area (Å²) in [6, 6.07) is 6.40. The summed E-state index contributed by atoms with van der Waals surface area (Å²) in [5, 5.41) is 1.16. The van der Waals surface area contributed by atoms with E-state index in [0.29, 0.717) is 0 Å². The molecule has 0 fully saturated rings. The highest BCUT2D eigenvalue weighted by Crippen LogP contribution is 2.37. The van der Waals surface area contributed by atoms with Crippen LogP contribution in [0.1, 0.15) is 44.9 Å². The van der Waals surface area contributed by atoms with Gasteiger partial charge in [-0.1, -0.05) is 42.5 Å². The third-order valence-electron chi connectivity index (χ3n) is 4.55. The lowest BCUT2D eigenvalue weighted by molar-refractivity contribution is 0.602. The van der Waals surface area contributed by atoms with Gasteiger partial charge in [-0.25, -0.2) is 0 Å². The van der Waals surface area contributed by atoms with Crippen molar-refractivity contribution in [1.82, 2.24) is 0 Å². The highest BCUT2D eigenvalue weighted by molar-refractivity contribution is 5.98. The van der Waals surface area contributed by atoms with Crippen LogP contribution in [0.3, 0.4) is 0 Å². The summed E-state index contributed by atoms with van der Waals surface area (Å²) in [6.07, 6.45) is 14.9. The Bertz CT molecular complexity index is 861. The van der Waals surface area contributed by atoms with Crippen LogP contribution >= 0.6 is 0 Å². The molecule has 1 aromatic heterocycles. The number of benzene rings is 1. The quantitative estimate of drug-likeness (QED) is 0.634. The van der Waals surface area contributed by atoms with Crippen LogP contribution in [0, 0.1) is 0 Å². The van der Waals surface area contributed by atoms with Gasteiger partial charge in [0.25, 0.3) is 0 Å². The van der Waals surface area contributed by atoms with E-state index in [1.54, 1.807) is 0 Å². The average molecular weight is 319 g/mol. The smallest absolute Gasteiger partial charge is 0.159 e. The molecule has 1 aromatic carbocycles. The summed E-state index contributed by atoms with van der Waals surface area (Å²) >= 11 is 0. The van der Waals surface area contributed by atoms with E-state index in [2.05, 4.69) is 61.4 Å². The number of hydrogen-bond donors (Lipinski definition) is 0. The second-order valence-corrected chi connectivity index (χ2v) is 6.16. The molecular weight excluding hydrogens is 294 g/mol. The molecule has 24 heavy (non-hydrogen) atoms.